The molecule has 3 aromatic heterocycles. The van der Waals surface area contributed by atoms with Gasteiger partial charge in [-0.15, -0.1) is 10.2 Å². The molecule has 2 aromatic carbocycles. The van der Waals surface area contributed by atoms with Crippen LogP contribution in [0.1, 0.15) is 54.4 Å². The molecule has 5 aromatic rings. The van der Waals surface area contributed by atoms with Gasteiger partial charge in [0, 0.05) is 11.9 Å². The van der Waals surface area contributed by atoms with E-state index in [0.29, 0.717) is 51.0 Å². The quantitative estimate of drug-likeness (QED) is 0.0514. The number of amides is 1. The van der Waals surface area contributed by atoms with Crippen LogP contribution in [0, 0.1) is 19.8 Å². The Morgan fingerprint density at radius 2 is 1.83 bits per heavy atom. The van der Waals surface area contributed by atoms with Gasteiger partial charge in [0.15, 0.2) is 21.6 Å². The summed E-state index contributed by atoms with van der Waals surface area (Å²) in [5, 5.41) is 20.8. The summed E-state index contributed by atoms with van der Waals surface area (Å²) in [5.74, 6) is 0.0839. The number of Topliss-reactive ketones (excluding diaryl/α,β-unsaturated/α-hetero) is 1. The second-order valence-corrected chi connectivity index (χ2v) is 13.8. The Hall–Kier alpha value is -4.68. The van der Waals surface area contributed by atoms with Crippen LogP contribution in [0.15, 0.2) is 76.8 Å². The number of aliphatic hydroxyl groups excluding tert-OH is 1. The first-order valence-corrected chi connectivity index (χ1v) is 17.0. The van der Waals surface area contributed by atoms with Crippen molar-refractivity contribution in [2.24, 2.45) is 5.92 Å². The molecule has 1 fully saturated rings. The molecule has 1 N–H and O–H groups in total. The maximum atomic E-state index is 13.9. The Morgan fingerprint density at radius 3 is 2.55 bits per heavy atom. The monoisotopic (exact) mass is 669 g/mol. The van der Waals surface area contributed by atoms with Crippen molar-refractivity contribution in [2.45, 2.75) is 50.3 Å². The van der Waals surface area contributed by atoms with Gasteiger partial charge in [0.1, 0.15) is 11.3 Å². The number of rotatable bonds is 11. The van der Waals surface area contributed by atoms with Gasteiger partial charge >= 0.3 is 5.91 Å². The number of fused-ring (bicyclic) bond motifs is 1. The van der Waals surface area contributed by atoms with E-state index >= 15 is 0 Å². The number of pyridine rings is 1. The second-order valence-electron chi connectivity index (χ2n) is 11.7. The zero-order valence-corrected chi connectivity index (χ0v) is 28.4. The number of thioether (sulfide) groups is 1. The van der Waals surface area contributed by atoms with Gasteiger partial charge in [0.25, 0.3) is 5.78 Å². The Morgan fingerprint density at radius 1 is 1.04 bits per heavy atom. The number of aromatic nitrogens is 4. The maximum Gasteiger partial charge on any atom is 0.301 e. The fraction of sp³-hybridized carbons (Fsp3) is 0.286. The molecule has 0 radical (unpaired) electrons. The van der Waals surface area contributed by atoms with E-state index in [2.05, 4.69) is 24.0 Å². The van der Waals surface area contributed by atoms with Gasteiger partial charge in [0.2, 0.25) is 5.13 Å². The molecule has 1 saturated heterocycles. The Labute approximate surface area is 281 Å². The number of anilines is 1. The predicted molar refractivity (Wildman–Crippen MR) is 183 cm³/mol. The van der Waals surface area contributed by atoms with Crippen molar-refractivity contribution in [1.82, 2.24) is 19.6 Å². The molecule has 47 heavy (non-hydrogen) atoms. The van der Waals surface area contributed by atoms with Crippen LogP contribution in [0.25, 0.3) is 11.4 Å². The van der Waals surface area contributed by atoms with Crippen LogP contribution in [0.2, 0.25) is 0 Å². The number of ketones is 1. The van der Waals surface area contributed by atoms with E-state index in [9.17, 15) is 14.7 Å². The Kier molecular flexibility index (Phi) is 9.33. The highest BCUT2D eigenvalue weighted by Crippen LogP contribution is 2.46. The minimum Gasteiger partial charge on any atom is -0.505 e. The van der Waals surface area contributed by atoms with Gasteiger partial charge in [-0.3, -0.25) is 14.5 Å². The average Bonchev–Trinajstić information content (AvgIpc) is 3.75. The van der Waals surface area contributed by atoms with Crippen molar-refractivity contribution in [3.8, 4) is 11.5 Å². The zero-order chi connectivity index (χ0) is 33.2. The number of ether oxygens (including phenoxy) is 2. The molecule has 1 aliphatic rings. The smallest absolute Gasteiger partial charge is 0.301 e. The third-order valence-corrected chi connectivity index (χ3v) is 10.1. The standard InChI is InChI=1S/C35H35N5O5S2/c1-20(2)15-17-45-25-14-13-24(18-26(25)44-5)29-27(30(41)28-22(4)39-16-9-10-21(3)32(39)36-28)31(42)33(43)40(29)34-37-38-35(47-34)46-19-23-11-7-6-8-12-23/h6-14,16,18,20,29,41H,15,17,19H2,1-5H3. The molecule has 4 heterocycles. The van der Waals surface area contributed by atoms with E-state index in [1.807, 2.05) is 66.9 Å². The van der Waals surface area contributed by atoms with E-state index in [1.165, 1.54) is 35.1 Å². The first kappa shape index (κ1) is 32.3. The summed E-state index contributed by atoms with van der Waals surface area (Å²) in [5.41, 5.74) is 3.96. The molecule has 12 heteroatoms. The molecule has 6 rings (SSSR count). The number of hydrogen-bond donors (Lipinski definition) is 1. The Balaban J connectivity index is 1.45. The summed E-state index contributed by atoms with van der Waals surface area (Å²) in [6, 6.07) is 18.0. The summed E-state index contributed by atoms with van der Waals surface area (Å²) >= 11 is 2.70. The van der Waals surface area contributed by atoms with E-state index in [0.717, 1.165) is 17.5 Å². The molecule has 1 amide bonds. The lowest BCUT2D eigenvalue weighted by Gasteiger charge is -2.23. The minimum absolute atomic E-state index is 0.0941. The van der Waals surface area contributed by atoms with Crippen molar-refractivity contribution in [3.63, 3.8) is 0 Å². The molecule has 1 atom stereocenters. The van der Waals surface area contributed by atoms with Gasteiger partial charge in [-0.1, -0.05) is 79.4 Å². The van der Waals surface area contributed by atoms with E-state index in [1.54, 1.807) is 18.2 Å². The lowest BCUT2D eigenvalue weighted by molar-refractivity contribution is -0.132. The molecule has 1 unspecified atom stereocenters. The molecule has 0 bridgehead atoms. The SMILES string of the molecule is COc1cc(C2C(=C(O)c3nc4c(C)cccn4c3C)C(=O)C(=O)N2c2nnc(SCc3ccccc3)s2)ccc1OCCC(C)C. The van der Waals surface area contributed by atoms with Crippen LogP contribution in [-0.2, 0) is 15.3 Å². The summed E-state index contributed by atoms with van der Waals surface area (Å²) in [7, 11) is 1.54. The van der Waals surface area contributed by atoms with Crippen LogP contribution in [0.5, 0.6) is 11.5 Å². The molecule has 242 valence electrons. The maximum absolute atomic E-state index is 13.9. The van der Waals surface area contributed by atoms with Gasteiger partial charge in [-0.2, -0.15) is 0 Å². The van der Waals surface area contributed by atoms with Crippen molar-refractivity contribution >= 4 is 51.3 Å². The number of aryl methyl sites for hydroxylation is 2. The largest absolute Gasteiger partial charge is 0.505 e. The fourth-order valence-corrected chi connectivity index (χ4v) is 7.30. The Bertz CT molecular complexity index is 1980. The molecular weight excluding hydrogens is 635 g/mol. The van der Waals surface area contributed by atoms with E-state index in [4.69, 9.17) is 14.5 Å². The summed E-state index contributed by atoms with van der Waals surface area (Å²) in [4.78, 5) is 33.7. The highest BCUT2D eigenvalue weighted by atomic mass is 32.2. The third-order valence-electron chi connectivity index (χ3n) is 8.02. The lowest BCUT2D eigenvalue weighted by Crippen LogP contribution is -2.29. The number of imidazole rings is 1. The van der Waals surface area contributed by atoms with Gasteiger partial charge in [0.05, 0.1) is 31.0 Å². The molecule has 10 nitrogen and oxygen atoms in total. The van der Waals surface area contributed by atoms with E-state index in [-0.39, 0.29) is 22.2 Å². The number of carbonyl (C=O) groups excluding carboxylic acids is 2. The van der Waals surface area contributed by atoms with Crippen LogP contribution in [0.3, 0.4) is 0 Å². The van der Waals surface area contributed by atoms with Crippen LogP contribution in [0.4, 0.5) is 5.13 Å². The van der Waals surface area contributed by atoms with E-state index < -0.39 is 17.7 Å². The summed E-state index contributed by atoms with van der Waals surface area (Å²) < 4.78 is 14.2. The first-order valence-electron chi connectivity index (χ1n) is 15.2. The number of carbonyl (C=O) groups is 2. The van der Waals surface area contributed by atoms with Gasteiger partial charge < -0.3 is 19.0 Å². The fourth-order valence-electron chi connectivity index (χ4n) is 5.47. The highest BCUT2D eigenvalue weighted by Gasteiger charge is 2.49. The number of benzene rings is 2. The van der Waals surface area contributed by atoms with Gasteiger partial charge in [-0.25, -0.2) is 4.98 Å². The predicted octanol–water partition coefficient (Wildman–Crippen LogP) is 7.15. The zero-order valence-electron chi connectivity index (χ0n) is 26.8. The molecule has 1 aliphatic heterocycles. The van der Waals surface area contributed by atoms with Crippen molar-refractivity contribution in [3.05, 3.63) is 101 Å². The first-order chi connectivity index (χ1) is 22.7. The minimum atomic E-state index is -1.03. The lowest BCUT2D eigenvalue weighted by atomic mass is 9.96. The normalized spacial score (nSPS) is 16.0. The number of aliphatic hydroxyl groups is 1. The molecule has 0 spiro atoms. The molecule has 0 aliphatic carbocycles. The number of hydrogen-bond acceptors (Lipinski definition) is 10. The number of methoxy groups -OCH3 is 1. The average molecular weight is 670 g/mol. The van der Waals surface area contributed by atoms with Gasteiger partial charge in [-0.05, 0) is 61.1 Å². The highest BCUT2D eigenvalue weighted by molar-refractivity contribution is 8.00. The number of nitrogens with zero attached hydrogens (tertiary/aromatic N) is 5. The van der Waals surface area contributed by atoms with Crippen LogP contribution in [-0.4, -0.2) is 50.1 Å². The van der Waals surface area contributed by atoms with Crippen molar-refractivity contribution in [2.75, 3.05) is 18.6 Å². The van der Waals surface area contributed by atoms with Crippen LogP contribution < -0.4 is 14.4 Å². The van der Waals surface area contributed by atoms with Crippen molar-refractivity contribution < 1.29 is 24.2 Å². The van der Waals surface area contributed by atoms with Crippen molar-refractivity contribution in [1.29, 1.82) is 0 Å². The second kappa shape index (κ2) is 13.6. The molecular formula is C35H35N5O5S2. The topological polar surface area (TPSA) is 119 Å². The third kappa shape index (κ3) is 6.35. The van der Waals surface area contributed by atoms with Crippen LogP contribution >= 0.6 is 23.1 Å². The summed E-state index contributed by atoms with van der Waals surface area (Å²) in [6.45, 7) is 8.49. The molecule has 0 saturated carbocycles. The summed E-state index contributed by atoms with van der Waals surface area (Å²) in [6.07, 6.45) is 2.71.